The van der Waals surface area contributed by atoms with E-state index in [9.17, 15) is 4.79 Å². The zero-order valence-corrected chi connectivity index (χ0v) is 9.17. The van der Waals surface area contributed by atoms with Gasteiger partial charge in [0.25, 0.3) is 0 Å². The maximum absolute atomic E-state index is 10.9. The lowest BCUT2D eigenvalue weighted by molar-refractivity contribution is -0.135. The number of aromatic nitrogens is 1. The van der Waals surface area contributed by atoms with Gasteiger partial charge in [-0.05, 0) is 25.0 Å². The van der Waals surface area contributed by atoms with E-state index in [1.807, 2.05) is 23.1 Å². The first-order valence-corrected chi connectivity index (χ1v) is 5.67. The fourth-order valence-corrected chi connectivity index (χ4v) is 2.28. The van der Waals surface area contributed by atoms with Crippen molar-refractivity contribution in [3.63, 3.8) is 0 Å². The molecule has 0 bridgehead atoms. The minimum absolute atomic E-state index is 0.0433. The summed E-state index contributed by atoms with van der Waals surface area (Å²) in [5.41, 5.74) is 0. The zero-order chi connectivity index (χ0) is 11.4. The maximum atomic E-state index is 10.9. The molecule has 2 rings (SSSR count). The van der Waals surface area contributed by atoms with Crippen LogP contribution in [0.2, 0.25) is 0 Å². The summed E-state index contributed by atoms with van der Waals surface area (Å²) in [7, 11) is 0. The van der Waals surface area contributed by atoms with Crippen LogP contribution >= 0.6 is 0 Å². The van der Waals surface area contributed by atoms with Gasteiger partial charge in [-0.3, -0.25) is 4.79 Å². The second-order valence-electron chi connectivity index (χ2n) is 4.15. The van der Waals surface area contributed by atoms with E-state index in [0.717, 1.165) is 18.7 Å². The highest BCUT2D eigenvalue weighted by molar-refractivity contribution is 5.73. The van der Waals surface area contributed by atoms with Crippen LogP contribution in [0.15, 0.2) is 24.4 Å². The first-order chi connectivity index (χ1) is 7.77. The van der Waals surface area contributed by atoms with Gasteiger partial charge in [-0.2, -0.15) is 0 Å². The van der Waals surface area contributed by atoms with Crippen molar-refractivity contribution in [2.75, 3.05) is 11.4 Å². The van der Waals surface area contributed by atoms with E-state index in [4.69, 9.17) is 5.11 Å². The van der Waals surface area contributed by atoms with Gasteiger partial charge in [0.15, 0.2) is 0 Å². The molecule has 0 amide bonds. The molecule has 16 heavy (non-hydrogen) atoms. The Hall–Kier alpha value is -1.58. The molecule has 0 spiro atoms. The number of carboxylic acids is 1. The summed E-state index contributed by atoms with van der Waals surface area (Å²) in [5.74, 6) is -0.0191. The molecule has 1 heterocycles. The predicted octanol–water partition coefficient (Wildman–Crippen LogP) is 1.92. The van der Waals surface area contributed by atoms with Gasteiger partial charge in [0.2, 0.25) is 0 Å². The molecule has 1 aliphatic carbocycles. The number of anilines is 1. The minimum atomic E-state index is -0.794. The lowest BCUT2D eigenvalue weighted by atomic mass is 10.2. The summed E-state index contributed by atoms with van der Waals surface area (Å²) in [6.07, 6.45) is 6.23. The first kappa shape index (κ1) is 10.9. The summed E-state index contributed by atoms with van der Waals surface area (Å²) in [5, 5.41) is 8.94. The molecule has 86 valence electrons. The molecular weight excluding hydrogens is 204 g/mol. The van der Waals surface area contributed by atoms with Crippen LogP contribution in [0.1, 0.15) is 25.7 Å². The largest absolute Gasteiger partial charge is 0.480 e. The number of hydrogen-bond donors (Lipinski definition) is 1. The molecule has 1 aliphatic rings. The van der Waals surface area contributed by atoms with E-state index >= 15 is 0 Å². The van der Waals surface area contributed by atoms with Crippen LogP contribution in [0.3, 0.4) is 0 Å². The standard InChI is InChI=1S/C12H16N2O2/c15-12(16)9-14(10-5-1-2-6-10)11-7-3-4-8-13-11/h3-4,7-8,10H,1-2,5-6,9H2,(H,15,16). The van der Waals surface area contributed by atoms with Gasteiger partial charge in [-0.25, -0.2) is 4.98 Å². The van der Waals surface area contributed by atoms with E-state index < -0.39 is 5.97 Å². The molecule has 0 unspecified atom stereocenters. The Kier molecular flexibility index (Phi) is 3.39. The van der Waals surface area contributed by atoms with Crippen LogP contribution in [0.4, 0.5) is 5.82 Å². The maximum Gasteiger partial charge on any atom is 0.323 e. The summed E-state index contributed by atoms with van der Waals surface area (Å²) in [6.45, 7) is 0.0433. The molecule has 1 aromatic rings. The van der Waals surface area contributed by atoms with Crippen molar-refractivity contribution in [1.29, 1.82) is 0 Å². The van der Waals surface area contributed by atoms with Gasteiger partial charge >= 0.3 is 5.97 Å². The Morgan fingerprint density at radius 2 is 2.19 bits per heavy atom. The molecule has 0 aromatic carbocycles. The number of carboxylic acid groups (broad SMARTS) is 1. The summed E-state index contributed by atoms with van der Waals surface area (Å²) >= 11 is 0. The molecule has 0 atom stereocenters. The van der Waals surface area contributed by atoms with Crippen molar-refractivity contribution in [2.45, 2.75) is 31.7 Å². The highest BCUT2D eigenvalue weighted by Crippen LogP contribution is 2.26. The van der Waals surface area contributed by atoms with Crippen molar-refractivity contribution in [3.05, 3.63) is 24.4 Å². The topological polar surface area (TPSA) is 53.4 Å². The highest BCUT2D eigenvalue weighted by Gasteiger charge is 2.25. The van der Waals surface area contributed by atoms with Gasteiger partial charge in [0, 0.05) is 12.2 Å². The van der Waals surface area contributed by atoms with Gasteiger partial charge in [0.05, 0.1) is 0 Å². The Bertz CT molecular complexity index is 347. The van der Waals surface area contributed by atoms with Crippen LogP contribution in [0, 0.1) is 0 Å². The molecule has 1 N–H and O–H groups in total. The molecular formula is C12H16N2O2. The zero-order valence-electron chi connectivity index (χ0n) is 9.17. The third kappa shape index (κ3) is 2.51. The monoisotopic (exact) mass is 220 g/mol. The Morgan fingerprint density at radius 1 is 1.44 bits per heavy atom. The molecule has 0 radical (unpaired) electrons. The summed E-state index contributed by atoms with van der Waals surface area (Å²) < 4.78 is 0. The predicted molar refractivity (Wildman–Crippen MR) is 61.5 cm³/mol. The van der Waals surface area contributed by atoms with Gasteiger partial charge < -0.3 is 10.0 Å². The van der Waals surface area contributed by atoms with E-state index in [0.29, 0.717) is 6.04 Å². The normalized spacial score (nSPS) is 16.2. The number of rotatable bonds is 4. The third-order valence-corrected chi connectivity index (χ3v) is 3.01. The number of aliphatic carboxylic acids is 1. The molecule has 1 fully saturated rings. The van der Waals surface area contributed by atoms with Gasteiger partial charge in [-0.1, -0.05) is 18.9 Å². The number of hydrogen-bond acceptors (Lipinski definition) is 3. The molecule has 0 aliphatic heterocycles. The van der Waals surface area contributed by atoms with Crippen LogP contribution in [0.25, 0.3) is 0 Å². The van der Waals surface area contributed by atoms with Crippen LogP contribution < -0.4 is 4.90 Å². The van der Waals surface area contributed by atoms with Gasteiger partial charge in [0.1, 0.15) is 12.4 Å². The van der Waals surface area contributed by atoms with Crippen molar-refractivity contribution >= 4 is 11.8 Å². The van der Waals surface area contributed by atoms with Crippen molar-refractivity contribution in [2.24, 2.45) is 0 Å². The van der Waals surface area contributed by atoms with Crippen LogP contribution in [-0.2, 0) is 4.79 Å². The lowest BCUT2D eigenvalue weighted by Gasteiger charge is -2.28. The second-order valence-corrected chi connectivity index (χ2v) is 4.15. The number of nitrogens with zero attached hydrogens (tertiary/aromatic N) is 2. The Morgan fingerprint density at radius 3 is 2.75 bits per heavy atom. The van der Waals surface area contributed by atoms with E-state index in [1.165, 1.54) is 12.8 Å². The van der Waals surface area contributed by atoms with Crippen LogP contribution in [0.5, 0.6) is 0 Å². The second kappa shape index (κ2) is 4.96. The third-order valence-electron chi connectivity index (χ3n) is 3.01. The van der Waals surface area contributed by atoms with E-state index in [-0.39, 0.29) is 6.54 Å². The quantitative estimate of drug-likeness (QED) is 0.842. The SMILES string of the molecule is O=C(O)CN(c1ccccn1)C1CCCC1. The lowest BCUT2D eigenvalue weighted by Crippen LogP contribution is -2.38. The van der Waals surface area contributed by atoms with E-state index in [2.05, 4.69) is 4.98 Å². The molecule has 1 saturated carbocycles. The fourth-order valence-electron chi connectivity index (χ4n) is 2.28. The van der Waals surface area contributed by atoms with Crippen molar-refractivity contribution < 1.29 is 9.90 Å². The molecule has 4 nitrogen and oxygen atoms in total. The molecule has 0 saturated heterocycles. The van der Waals surface area contributed by atoms with Crippen molar-refractivity contribution in [3.8, 4) is 0 Å². The fraction of sp³-hybridized carbons (Fsp3) is 0.500. The van der Waals surface area contributed by atoms with E-state index in [1.54, 1.807) is 6.20 Å². The average molecular weight is 220 g/mol. The first-order valence-electron chi connectivity index (χ1n) is 5.67. The van der Waals surface area contributed by atoms with Gasteiger partial charge in [-0.15, -0.1) is 0 Å². The van der Waals surface area contributed by atoms with Crippen molar-refractivity contribution in [1.82, 2.24) is 4.98 Å². The number of carbonyl (C=O) groups is 1. The smallest absolute Gasteiger partial charge is 0.323 e. The Labute approximate surface area is 94.9 Å². The highest BCUT2D eigenvalue weighted by atomic mass is 16.4. The van der Waals surface area contributed by atoms with Crippen LogP contribution in [-0.4, -0.2) is 28.6 Å². The molecule has 4 heteroatoms. The Balaban J connectivity index is 2.16. The number of pyridine rings is 1. The molecule has 1 aromatic heterocycles. The summed E-state index contributed by atoms with van der Waals surface area (Å²) in [6, 6.07) is 5.95. The average Bonchev–Trinajstić information content (AvgIpc) is 2.80. The minimum Gasteiger partial charge on any atom is -0.480 e. The summed E-state index contributed by atoms with van der Waals surface area (Å²) in [4.78, 5) is 17.0.